The number of hydrogen-bond acceptors (Lipinski definition) is 2. The lowest BCUT2D eigenvalue weighted by atomic mass is 10.0. The van der Waals surface area contributed by atoms with Crippen molar-refractivity contribution in [2.75, 3.05) is 6.61 Å². The second kappa shape index (κ2) is 9.13. The third kappa shape index (κ3) is 6.93. The molecule has 0 fully saturated rings. The molecular weight excluding hydrogens is 248 g/mol. The first kappa shape index (κ1) is 16.2. The van der Waals surface area contributed by atoms with E-state index in [1.165, 1.54) is 5.57 Å². The van der Waals surface area contributed by atoms with E-state index in [1.54, 1.807) is 6.08 Å². The second-order valence-corrected chi connectivity index (χ2v) is 5.24. The molecule has 1 rings (SSSR count). The predicted octanol–water partition coefficient (Wildman–Crippen LogP) is 4.32. The molecule has 0 saturated carbocycles. The molecule has 2 heteroatoms. The molecule has 0 heterocycles. The molecule has 0 spiro atoms. The molecule has 0 N–H and O–H groups in total. The molecule has 20 heavy (non-hydrogen) atoms. The third-order valence-corrected chi connectivity index (χ3v) is 3.15. The van der Waals surface area contributed by atoms with Gasteiger partial charge in [0.25, 0.3) is 0 Å². The number of esters is 1. The first-order valence-corrected chi connectivity index (χ1v) is 7.09. The molecule has 0 aliphatic heterocycles. The molecule has 2 nitrogen and oxygen atoms in total. The molecule has 1 unspecified atom stereocenters. The van der Waals surface area contributed by atoms with Gasteiger partial charge in [-0.2, -0.15) is 0 Å². The van der Waals surface area contributed by atoms with Gasteiger partial charge in [0.2, 0.25) is 0 Å². The summed E-state index contributed by atoms with van der Waals surface area (Å²) in [5.74, 6) is 0.226. The number of ether oxygens (including phenoxy) is 1. The summed E-state index contributed by atoms with van der Waals surface area (Å²) >= 11 is 0. The molecule has 1 aromatic carbocycles. The number of hydrogen-bond donors (Lipinski definition) is 0. The average molecular weight is 272 g/mol. The zero-order valence-corrected chi connectivity index (χ0v) is 12.5. The highest BCUT2D eigenvalue weighted by atomic mass is 16.5. The van der Waals surface area contributed by atoms with E-state index in [2.05, 4.69) is 20.4 Å². The molecule has 0 aliphatic carbocycles. The van der Waals surface area contributed by atoms with Crippen molar-refractivity contribution in [3.05, 3.63) is 60.2 Å². The summed E-state index contributed by atoms with van der Waals surface area (Å²) in [5.41, 5.74) is 2.30. The molecule has 108 valence electrons. The maximum Gasteiger partial charge on any atom is 0.310 e. The van der Waals surface area contributed by atoms with Crippen LogP contribution in [0.5, 0.6) is 0 Å². The van der Waals surface area contributed by atoms with E-state index in [1.807, 2.05) is 36.4 Å². The van der Waals surface area contributed by atoms with Gasteiger partial charge >= 0.3 is 5.97 Å². The van der Waals surface area contributed by atoms with Crippen molar-refractivity contribution < 1.29 is 9.53 Å². The van der Waals surface area contributed by atoms with E-state index in [-0.39, 0.29) is 5.97 Å². The van der Waals surface area contributed by atoms with Gasteiger partial charge in [-0.1, -0.05) is 61.6 Å². The molecule has 1 aromatic rings. The summed E-state index contributed by atoms with van der Waals surface area (Å²) in [7, 11) is 0. The predicted molar refractivity (Wildman–Crippen MR) is 83.5 cm³/mol. The van der Waals surface area contributed by atoms with E-state index in [0.717, 1.165) is 18.4 Å². The zero-order chi connectivity index (χ0) is 14.8. The largest absolute Gasteiger partial charge is 0.465 e. The Morgan fingerprint density at radius 2 is 2.05 bits per heavy atom. The third-order valence-electron chi connectivity index (χ3n) is 3.15. The number of benzene rings is 1. The minimum Gasteiger partial charge on any atom is -0.465 e. The van der Waals surface area contributed by atoms with Crippen LogP contribution < -0.4 is 0 Å². The summed E-state index contributed by atoms with van der Waals surface area (Å²) in [4.78, 5) is 11.7. The lowest BCUT2D eigenvalue weighted by Crippen LogP contribution is -2.14. The van der Waals surface area contributed by atoms with Gasteiger partial charge in [0.15, 0.2) is 0 Å². The number of carbonyl (C=O) groups excluding carboxylic acids is 1. The number of allylic oxidation sites excluding steroid dienone is 3. The van der Waals surface area contributed by atoms with E-state index in [4.69, 9.17) is 4.74 Å². The minimum absolute atomic E-state index is 0.151. The van der Waals surface area contributed by atoms with Crippen LogP contribution in [0.3, 0.4) is 0 Å². The summed E-state index contributed by atoms with van der Waals surface area (Å²) in [5, 5.41) is 0. The van der Waals surface area contributed by atoms with Gasteiger partial charge in [-0.25, -0.2) is 0 Å². The SMILES string of the molecule is C=C/C=C(\C)CCC(C)COC(=O)Cc1ccccc1. The van der Waals surface area contributed by atoms with E-state index >= 15 is 0 Å². The summed E-state index contributed by atoms with van der Waals surface area (Å²) < 4.78 is 5.32. The Balaban J connectivity index is 2.23. The van der Waals surface area contributed by atoms with E-state index in [0.29, 0.717) is 18.9 Å². The van der Waals surface area contributed by atoms with Gasteiger partial charge in [-0.05, 0) is 31.2 Å². The van der Waals surface area contributed by atoms with Crippen LogP contribution in [0.25, 0.3) is 0 Å². The standard InChI is InChI=1S/C18H24O2/c1-4-8-15(2)11-12-16(3)14-20-18(19)13-17-9-6-5-7-10-17/h4-10,16H,1,11-14H2,2-3H3/b15-8+. The van der Waals surface area contributed by atoms with Crippen LogP contribution in [0.15, 0.2) is 54.6 Å². The van der Waals surface area contributed by atoms with Crippen molar-refractivity contribution in [1.82, 2.24) is 0 Å². The summed E-state index contributed by atoms with van der Waals surface area (Å²) in [6, 6.07) is 9.68. The van der Waals surface area contributed by atoms with Crippen LogP contribution in [0.1, 0.15) is 32.3 Å². The minimum atomic E-state index is -0.151. The second-order valence-electron chi connectivity index (χ2n) is 5.24. The van der Waals surface area contributed by atoms with E-state index < -0.39 is 0 Å². The number of carbonyl (C=O) groups is 1. The van der Waals surface area contributed by atoms with Crippen LogP contribution in [0.2, 0.25) is 0 Å². The molecule has 0 aromatic heterocycles. The highest BCUT2D eigenvalue weighted by Gasteiger charge is 2.08. The number of rotatable bonds is 8. The van der Waals surface area contributed by atoms with Crippen molar-refractivity contribution in [2.45, 2.75) is 33.1 Å². The van der Waals surface area contributed by atoms with Gasteiger partial charge in [0, 0.05) is 0 Å². The fourth-order valence-corrected chi connectivity index (χ4v) is 1.89. The first-order chi connectivity index (χ1) is 9.61. The molecule has 0 aliphatic rings. The Bertz CT molecular complexity index is 446. The highest BCUT2D eigenvalue weighted by Crippen LogP contribution is 2.12. The van der Waals surface area contributed by atoms with Crippen molar-refractivity contribution in [1.29, 1.82) is 0 Å². The van der Waals surface area contributed by atoms with Crippen LogP contribution in [-0.2, 0) is 16.0 Å². The Labute approximate surface area is 122 Å². The Morgan fingerprint density at radius 1 is 1.35 bits per heavy atom. The topological polar surface area (TPSA) is 26.3 Å². The van der Waals surface area contributed by atoms with Gasteiger partial charge in [-0.3, -0.25) is 4.79 Å². The Morgan fingerprint density at radius 3 is 2.70 bits per heavy atom. The fraction of sp³-hybridized carbons (Fsp3) is 0.389. The van der Waals surface area contributed by atoms with Gasteiger partial charge < -0.3 is 4.74 Å². The lowest BCUT2D eigenvalue weighted by Gasteiger charge is -2.12. The fourth-order valence-electron chi connectivity index (χ4n) is 1.89. The maximum absolute atomic E-state index is 11.7. The summed E-state index contributed by atoms with van der Waals surface area (Å²) in [6.07, 6.45) is 6.22. The zero-order valence-electron chi connectivity index (χ0n) is 12.5. The van der Waals surface area contributed by atoms with Crippen LogP contribution >= 0.6 is 0 Å². The average Bonchev–Trinajstić information content (AvgIpc) is 2.44. The maximum atomic E-state index is 11.7. The Hall–Kier alpha value is -1.83. The molecule has 0 saturated heterocycles. The quantitative estimate of drug-likeness (QED) is 0.520. The molecule has 0 bridgehead atoms. The van der Waals surface area contributed by atoms with Crippen LogP contribution in [0, 0.1) is 5.92 Å². The smallest absolute Gasteiger partial charge is 0.310 e. The summed E-state index contributed by atoms with van der Waals surface area (Å²) in [6.45, 7) is 8.38. The van der Waals surface area contributed by atoms with Crippen molar-refractivity contribution >= 4 is 5.97 Å². The normalized spacial score (nSPS) is 12.8. The van der Waals surface area contributed by atoms with Gasteiger partial charge in [-0.15, -0.1) is 0 Å². The van der Waals surface area contributed by atoms with Crippen molar-refractivity contribution in [3.63, 3.8) is 0 Å². The first-order valence-electron chi connectivity index (χ1n) is 7.09. The molecule has 0 amide bonds. The van der Waals surface area contributed by atoms with Crippen molar-refractivity contribution in [3.8, 4) is 0 Å². The Kier molecular flexibility index (Phi) is 7.41. The van der Waals surface area contributed by atoms with Crippen LogP contribution in [-0.4, -0.2) is 12.6 Å². The van der Waals surface area contributed by atoms with Crippen molar-refractivity contribution in [2.24, 2.45) is 5.92 Å². The lowest BCUT2D eigenvalue weighted by molar-refractivity contribution is -0.144. The van der Waals surface area contributed by atoms with Gasteiger partial charge in [0.05, 0.1) is 13.0 Å². The monoisotopic (exact) mass is 272 g/mol. The molecule has 0 radical (unpaired) electrons. The molecule has 1 atom stereocenters. The van der Waals surface area contributed by atoms with Crippen LogP contribution in [0.4, 0.5) is 0 Å². The molecular formula is C18H24O2. The van der Waals surface area contributed by atoms with E-state index in [9.17, 15) is 4.79 Å². The highest BCUT2D eigenvalue weighted by molar-refractivity contribution is 5.72. The van der Waals surface area contributed by atoms with Gasteiger partial charge in [0.1, 0.15) is 0 Å².